The number of rotatable bonds is 3. The van der Waals surface area contributed by atoms with Gasteiger partial charge in [0.15, 0.2) is 0 Å². The molecule has 1 heterocycles. The predicted molar refractivity (Wildman–Crippen MR) is 74.9 cm³/mol. The van der Waals surface area contributed by atoms with Gasteiger partial charge in [-0.1, -0.05) is 31.2 Å². The number of aryl methyl sites for hydroxylation is 1. The third kappa shape index (κ3) is 2.22. The second-order valence-electron chi connectivity index (χ2n) is 5.48. The predicted octanol–water partition coefficient (Wildman–Crippen LogP) is 2.94. The van der Waals surface area contributed by atoms with Crippen LogP contribution in [0, 0.1) is 6.92 Å². The molecule has 1 aromatic rings. The Hall–Kier alpha value is -1.15. The van der Waals surface area contributed by atoms with Crippen LogP contribution in [0.2, 0.25) is 0 Å². The maximum atomic E-state index is 12.5. The van der Waals surface area contributed by atoms with Crippen molar-refractivity contribution in [1.82, 2.24) is 4.90 Å². The van der Waals surface area contributed by atoms with Crippen LogP contribution in [0.25, 0.3) is 0 Å². The third-order valence-electron chi connectivity index (χ3n) is 4.36. The monoisotopic (exact) mass is 245 g/mol. The van der Waals surface area contributed by atoms with Gasteiger partial charge in [0.05, 0.1) is 5.41 Å². The quantitative estimate of drug-likeness (QED) is 0.816. The topological polar surface area (TPSA) is 20.3 Å². The van der Waals surface area contributed by atoms with E-state index >= 15 is 0 Å². The van der Waals surface area contributed by atoms with Crippen molar-refractivity contribution in [1.29, 1.82) is 0 Å². The Labute approximate surface area is 110 Å². The second-order valence-corrected chi connectivity index (χ2v) is 5.48. The molecule has 2 rings (SSSR count). The van der Waals surface area contributed by atoms with Crippen LogP contribution in [-0.4, -0.2) is 30.8 Å². The number of likely N-dealkylation sites (tertiary alicyclic amines) is 1. The number of Topliss-reactive ketones (excluding diaryl/α,β-unsaturated/α-hetero) is 1. The van der Waals surface area contributed by atoms with Gasteiger partial charge in [0, 0.05) is 6.42 Å². The summed E-state index contributed by atoms with van der Waals surface area (Å²) in [5.74, 6) is 0.407. The Morgan fingerprint density at radius 2 is 1.89 bits per heavy atom. The highest BCUT2D eigenvalue weighted by atomic mass is 16.1. The molecule has 0 amide bonds. The molecule has 1 saturated heterocycles. The number of carbonyl (C=O) groups excluding carboxylic acids is 1. The normalized spacial score (nSPS) is 19.7. The molecule has 0 aromatic heterocycles. The number of hydrogen-bond donors (Lipinski definition) is 0. The fraction of sp³-hybridized carbons (Fsp3) is 0.562. The number of nitrogens with zero attached hydrogens (tertiary/aromatic N) is 1. The van der Waals surface area contributed by atoms with Crippen LogP contribution < -0.4 is 0 Å². The lowest BCUT2D eigenvalue weighted by Gasteiger charge is -2.40. The van der Waals surface area contributed by atoms with Crippen molar-refractivity contribution >= 4 is 5.78 Å². The zero-order valence-electron chi connectivity index (χ0n) is 11.7. The summed E-state index contributed by atoms with van der Waals surface area (Å²) < 4.78 is 0. The molecule has 98 valence electrons. The minimum absolute atomic E-state index is 0.230. The zero-order valence-corrected chi connectivity index (χ0v) is 11.7. The Balaban J connectivity index is 2.43. The molecular weight excluding hydrogens is 222 g/mol. The van der Waals surface area contributed by atoms with Gasteiger partial charge >= 0.3 is 0 Å². The molecule has 0 aliphatic carbocycles. The van der Waals surface area contributed by atoms with Crippen LogP contribution in [-0.2, 0) is 10.2 Å². The van der Waals surface area contributed by atoms with Crippen molar-refractivity contribution in [3.05, 3.63) is 35.4 Å². The molecule has 18 heavy (non-hydrogen) atoms. The van der Waals surface area contributed by atoms with Gasteiger partial charge in [-0.3, -0.25) is 4.79 Å². The van der Waals surface area contributed by atoms with E-state index in [9.17, 15) is 4.79 Å². The van der Waals surface area contributed by atoms with Gasteiger partial charge < -0.3 is 4.90 Å². The molecule has 0 unspecified atom stereocenters. The van der Waals surface area contributed by atoms with Crippen molar-refractivity contribution in [2.45, 2.75) is 38.5 Å². The Morgan fingerprint density at radius 1 is 1.28 bits per heavy atom. The maximum Gasteiger partial charge on any atom is 0.143 e. The lowest BCUT2D eigenvalue weighted by Crippen LogP contribution is -2.46. The minimum Gasteiger partial charge on any atom is -0.306 e. The Bertz CT molecular complexity index is 430. The molecule has 0 N–H and O–H groups in total. The first-order valence-electron chi connectivity index (χ1n) is 6.88. The van der Waals surface area contributed by atoms with Crippen LogP contribution in [0.3, 0.4) is 0 Å². The molecule has 1 fully saturated rings. The van der Waals surface area contributed by atoms with Gasteiger partial charge in [0.25, 0.3) is 0 Å². The van der Waals surface area contributed by atoms with E-state index in [4.69, 9.17) is 0 Å². The van der Waals surface area contributed by atoms with Gasteiger partial charge in [-0.2, -0.15) is 0 Å². The number of piperidine rings is 1. The molecule has 0 bridgehead atoms. The molecule has 1 aliphatic rings. The SMILES string of the molecule is CCC(=O)C1(c2ccccc2C)CCN(C)CC1. The summed E-state index contributed by atoms with van der Waals surface area (Å²) in [5, 5.41) is 0. The van der Waals surface area contributed by atoms with Gasteiger partial charge in [-0.25, -0.2) is 0 Å². The first-order valence-corrected chi connectivity index (χ1v) is 6.88. The fourth-order valence-corrected chi connectivity index (χ4v) is 3.15. The van der Waals surface area contributed by atoms with E-state index in [2.05, 4.69) is 43.1 Å². The molecule has 0 radical (unpaired) electrons. The Kier molecular flexibility index (Phi) is 3.86. The molecule has 0 spiro atoms. The van der Waals surface area contributed by atoms with Crippen LogP contribution in [0.4, 0.5) is 0 Å². The first kappa shape index (κ1) is 13.3. The molecule has 0 saturated carbocycles. The minimum atomic E-state index is -0.230. The summed E-state index contributed by atoms with van der Waals surface area (Å²) in [6.45, 7) is 6.14. The Morgan fingerprint density at radius 3 is 2.44 bits per heavy atom. The summed E-state index contributed by atoms with van der Waals surface area (Å²) in [7, 11) is 2.14. The van der Waals surface area contributed by atoms with E-state index in [1.807, 2.05) is 6.92 Å². The standard InChI is InChI=1S/C16H23NO/c1-4-15(18)16(9-11-17(3)12-10-16)14-8-6-5-7-13(14)2/h5-8H,4,9-12H2,1-3H3. The number of ketones is 1. The van der Waals surface area contributed by atoms with E-state index in [1.165, 1.54) is 11.1 Å². The highest BCUT2D eigenvalue weighted by molar-refractivity contribution is 5.90. The third-order valence-corrected chi connectivity index (χ3v) is 4.36. The van der Waals surface area contributed by atoms with Crippen LogP contribution in [0.15, 0.2) is 24.3 Å². The van der Waals surface area contributed by atoms with Crippen LogP contribution in [0.5, 0.6) is 0 Å². The lowest BCUT2D eigenvalue weighted by molar-refractivity contribution is -0.126. The molecule has 1 aromatic carbocycles. The largest absolute Gasteiger partial charge is 0.306 e. The van der Waals surface area contributed by atoms with E-state index in [-0.39, 0.29) is 5.41 Å². The fourth-order valence-electron chi connectivity index (χ4n) is 3.15. The van der Waals surface area contributed by atoms with Crippen molar-refractivity contribution in [2.24, 2.45) is 0 Å². The lowest BCUT2D eigenvalue weighted by atomic mass is 9.68. The van der Waals surface area contributed by atoms with Crippen LogP contribution in [0.1, 0.15) is 37.3 Å². The number of carbonyl (C=O) groups is 1. The summed E-state index contributed by atoms with van der Waals surface area (Å²) >= 11 is 0. The number of hydrogen-bond acceptors (Lipinski definition) is 2. The summed E-state index contributed by atoms with van der Waals surface area (Å²) in [4.78, 5) is 14.8. The highest BCUT2D eigenvalue weighted by Gasteiger charge is 2.41. The summed E-state index contributed by atoms with van der Waals surface area (Å²) in [5.41, 5.74) is 2.28. The van der Waals surface area contributed by atoms with E-state index in [1.54, 1.807) is 0 Å². The van der Waals surface area contributed by atoms with Crippen molar-refractivity contribution < 1.29 is 4.79 Å². The molecule has 2 heteroatoms. The first-order chi connectivity index (χ1) is 8.60. The van der Waals surface area contributed by atoms with Crippen molar-refractivity contribution in [2.75, 3.05) is 20.1 Å². The van der Waals surface area contributed by atoms with Gasteiger partial charge in [0.2, 0.25) is 0 Å². The average molecular weight is 245 g/mol. The van der Waals surface area contributed by atoms with E-state index in [0.29, 0.717) is 12.2 Å². The summed E-state index contributed by atoms with van der Waals surface area (Å²) in [6, 6.07) is 8.38. The van der Waals surface area contributed by atoms with Gasteiger partial charge in [0.1, 0.15) is 5.78 Å². The second kappa shape index (κ2) is 5.23. The molecule has 1 aliphatic heterocycles. The van der Waals surface area contributed by atoms with Gasteiger partial charge in [-0.15, -0.1) is 0 Å². The van der Waals surface area contributed by atoms with E-state index < -0.39 is 0 Å². The molecular formula is C16H23NO. The van der Waals surface area contributed by atoms with Crippen molar-refractivity contribution in [3.8, 4) is 0 Å². The van der Waals surface area contributed by atoms with E-state index in [0.717, 1.165) is 25.9 Å². The average Bonchev–Trinajstić information content (AvgIpc) is 2.40. The smallest absolute Gasteiger partial charge is 0.143 e. The molecule has 0 atom stereocenters. The van der Waals surface area contributed by atoms with Gasteiger partial charge in [-0.05, 0) is 51.0 Å². The van der Waals surface area contributed by atoms with Crippen molar-refractivity contribution in [3.63, 3.8) is 0 Å². The van der Waals surface area contributed by atoms with Crippen LogP contribution >= 0.6 is 0 Å². The highest BCUT2D eigenvalue weighted by Crippen LogP contribution is 2.38. The molecule has 2 nitrogen and oxygen atoms in total. The zero-order chi connectivity index (χ0) is 13.2. The summed E-state index contributed by atoms with van der Waals surface area (Å²) in [6.07, 6.45) is 2.56. The maximum absolute atomic E-state index is 12.5. The number of benzene rings is 1.